The molecule has 0 unspecified atom stereocenters. The average molecular weight is 256 g/mol. The van der Waals surface area contributed by atoms with Gasteiger partial charge in [-0.3, -0.25) is 0 Å². The van der Waals surface area contributed by atoms with Crippen LogP contribution in [-0.2, 0) is 11.3 Å². The first-order chi connectivity index (χ1) is 8.79. The Bertz CT molecular complexity index is 350. The van der Waals surface area contributed by atoms with Crippen molar-refractivity contribution in [3.8, 4) is 0 Å². The molecule has 0 radical (unpaired) electrons. The lowest BCUT2D eigenvalue weighted by Crippen LogP contribution is -2.35. The van der Waals surface area contributed by atoms with Crippen LogP contribution in [0.25, 0.3) is 0 Å². The van der Waals surface area contributed by atoms with Gasteiger partial charge in [-0.2, -0.15) is 0 Å². The van der Waals surface area contributed by atoms with Gasteiger partial charge in [0.25, 0.3) is 0 Å². The fraction of sp³-hybridized carbons (Fsp3) is 0.818. The van der Waals surface area contributed by atoms with Crippen LogP contribution in [0.2, 0.25) is 0 Å². The number of piperidine rings is 1. The summed E-state index contributed by atoms with van der Waals surface area (Å²) in [5.74, 6) is 0.576. The topological polar surface area (TPSA) is 83.7 Å². The zero-order valence-corrected chi connectivity index (χ0v) is 10.6. The van der Waals surface area contributed by atoms with Gasteiger partial charge in [-0.05, 0) is 12.8 Å². The zero-order valence-electron chi connectivity index (χ0n) is 10.6. The molecule has 102 valence electrons. The molecule has 2 rings (SSSR count). The summed E-state index contributed by atoms with van der Waals surface area (Å²) in [5.41, 5.74) is 0. The number of aliphatic hydroxyl groups is 1. The molecular formula is C11H20N4O3. The molecule has 0 aromatic carbocycles. The van der Waals surface area contributed by atoms with Crippen LogP contribution in [0.5, 0.6) is 0 Å². The van der Waals surface area contributed by atoms with Crippen molar-refractivity contribution < 1.29 is 14.3 Å². The van der Waals surface area contributed by atoms with Gasteiger partial charge in [-0.15, -0.1) is 5.10 Å². The maximum absolute atomic E-state index is 9.43. The van der Waals surface area contributed by atoms with E-state index in [1.54, 1.807) is 7.11 Å². The highest BCUT2D eigenvalue weighted by atomic mass is 16.5. The summed E-state index contributed by atoms with van der Waals surface area (Å²) in [6.07, 6.45) is 1.31. The molecular weight excluding hydrogens is 236 g/mol. The van der Waals surface area contributed by atoms with E-state index in [4.69, 9.17) is 9.15 Å². The van der Waals surface area contributed by atoms with Crippen molar-refractivity contribution >= 4 is 6.01 Å². The lowest BCUT2D eigenvalue weighted by atomic mass is 10.1. The molecule has 1 fully saturated rings. The number of anilines is 1. The molecule has 1 aromatic rings. The molecule has 18 heavy (non-hydrogen) atoms. The minimum Gasteiger partial charge on any atom is -0.407 e. The van der Waals surface area contributed by atoms with Crippen molar-refractivity contribution in [1.29, 1.82) is 0 Å². The van der Waals surface area contributed by atoms with E-state index in [1.165, 1.54) is 0 Å². The van der Waals surface area contributed by atoms with E-state index in [9.17, 15) is 5.11 Å². The number of rotatable bonds is 6. The van der Waals surface area contributed by atoms with Crippen molar-refractivity contribution in [3.05, 3.63) is 5.89 Å². The van der Waals surface area contributed by atoms with Crippen LogP contribution < -0.4 is 10.2 Å². The summed E-state index contributed by atoms with van der Waals surface area (Å²) in [6.45, 7) is 3.49. The Kier molecular flexibility index (Phi) is 4.91. The molecule has 1 aliphatic rings. The summed E-state index contributed by atoms with van der Waals surface area (Å²) in [6, 6.07) is 0.547. The van der Waals surface area contributed by atoms with Crippen molar-refractivity contribution in [1.82, 2.24) is 15.5 Å². The Morgan fingerprint density at radius 1 is 1.44 bits per heavy atom. The normalized spacial score (nSPS) is 17.3. The minimum absolute atomic E-state index is 0.195. The summed E-state index contributed by atoms with van der Waals surface area (Å²) >= 11 is 0. The summed E-state index contributed by atoms with van der Waals surface area (Å²) in [5, 5.41) is 20.6. The van der Waals surface area contributed by atoms with Crippen molar-refractivity contribution in [3.63, 3.8) is 0 Å². The van der Waals surface area contributed by atoms with E-state index < -0.39 is 0 Å². The Morgan fingerprint density at radius 3 is 2.94 bits per heavy atom. The fourth-order valence-corrected chi connectivity index (χ4v) is 1.87. The quantitative estimate of drug-likeness (QED) is 0.680. The maximum atomic E-state index is 9.43. The highest BCUT2D eigenvalue weighted by molar-refractivity contribution is 5.24. The first-order valence-electron chi connectivity index (χ1n) is 6.24. The third-order valence-corrected chi connectivity index (χ3v) is 2.95. The van der Waals surface area contributed by atoms with Crippen molar-refractivity contribution in [2.45, 2.75) is 25.5 Å². The number of ether oxygens (including phenoxy) is 1. The Morgan fingerprint density at radius 2 is 2.22 bits per heavy atom. The third kappa shape index (κ3) is 3.66. The van der Waals surface area contributed by atoms with Gasteiger partial charge in [0, 0.05) is 26.7 Å². The van der Waals surface area contributed by atoms with Crippen LogP contribution in [0.3, 0.4) is 0 Å². The number of aromatic nitrogens is 2. The van der Waals surface area contributed by atoms with Gasteiger partial charge in [0.05, 0.1) is 19.3 Å². The van der Waals surface area contributed by atoms with Crippen molar-refractivity contribution in [2.24, 2.45) is 0 Å². The number of methoxy groups -OCH3 is 1. The van der Waals surface area contributed by atoms with E-state index >= 15 is 0 Å². The van der Waals surface area contributed by atoms with Gasteiger partial charge in [-0.1, -0.05) is 5.10 Å². The Labute approximate surface area is 106 Å². The van der Waals surface area contributed by atoms with Crippen LogP contribution in [0.15, 0.2) is 4.42 Å². The van der Waals surface area contributed by atoms with Gasteiger partial charge in [0.2, 0.25) is 5.89 Å². The molecule has 1 aliphatic heterocycles. The largest absolute Gasteiger partial charge is 0.407 e. The molecule has 0 bridgehead atoms. The van der Waals surface area contributed by atoms with E-state index in [2.05, 4.69) is 15.5 Å². The first kappa shape index (κ1) is 13.3. The zero-order chi connectivity index (χ0) is 12.8. The Hall–Kier alpha value is -1.18. The number of nitrogens with one attached hydrogen (secondary N) is 1. The second kappa shape index (κ2) is 6.67. The van der Waals surface area contributed by atoms with Crippen LogP contribution >= 0.6 is 0 Å². The molecule has 0 spiro atoms. The van der Waals surface area contributed by atoms with Crippen LogP contribution in [-0.4, -0.2) is 54.8 Å². The predicted octanol–water partition coefficient (Wildman–Crippen LogP) is -0.233. The molecule has 7 heteroatoms. The Balaban J connectivity index is 1.78. The first-order valence-corrected chi connectivity index (χ1v) is 6.24. The van der Waals surface area contributed by atoms with Gasteiger partial charge < -0.3 is 24.5 Å². The van der Waals surface area contributed by atoms with Gasteiger partial charge in [0.15, 0.2) is 0 Å². The molecule has 1 aromatic heterocycles. The van der Waals surface area contributed by atoms with Crippen molar-refractivity contribution in [2.75, 3.05) is 38.3 Å². The highest BCUT2D eigenvalue weighted by Gasteiger charge is 2.21. The molecule has 0 amide bonds. The monoisotopic (exact) mass is 256 g/mol. The number of aliphatic hydroxyl groups excluding tert-OH is 1. The van der Waals surface area contributed by atoms with Gasteiger partial charge >= 0.3 is 6.01 Å². The highest BCUT2D eigenvalue weighted by Crippen LogP contribution is 2.18. The van der Waals surface area contributed by atoms with E-state index in [-0.39, 0.29) is 6.10 Å². The smallest absolute Gasteiger partial charge is 0.318 e. The van der Waals surface area contributed by atoms with E-state index in [0.29, 0.717) is 25.1 Å². The molecule has 0 atom stereocenters. The van der Waals surface area contributed by atoms with E-state index in [1.807, 2.05) is 4.90 Å². The van der Waals surface area contributed by atoms with Gasteiger partial charge in [-0.25, -0.2) is 0 Å². The van der Waals surface area contributed by atoms with E-state index in [0.717, 1.165) is 32.5 Å². The minimum atomic E-state index is -0.195. The predicted molar refractivity (Wildman–Crippen MR) is 65.3 cm³/mol. The molecule has 0 saturated carbocycles. The third-order valence-electron chi connectivity index (χ3n) is 2.95. The summed E-state index contributed by atoms with van der Waals surface area (Å²) < 4.78 is 10.5. The number of nitrogens with zero attached hydrogens (tertiary/aromatic N) is 3. The number of hydrogen-bond donors (Lipinski definition) is 2. The lowest BCUT2D eigenvalue weighted by Gasteiger charge is -2.27. The van der Waals surface area contributed by atoms with Gasteiger partial charge in [0.1, 0.15) is 0 Å². The molecule has 7 nitrogen and oxygen atoms in total. The number of hydrogen-bond acceptors (Lipinski definition) is 7. The summed E-state index contributed by atoms with van der Waals surface area (Å²) in [7, 11) is 1.66. The maximum Gasteiger partial charge on any atom is 0.318 e. The molecule has 2 N–H and O–H groups in total. The average Bonchev–Trinajstić information content (AvgIpc) is 2.84. The summed E-state index contributed by atoms with van der Waals surface area (Å²) in [4.78, 5) is 2.01. The van der Waals surface area contributed by atoms with Crippen LogP contribution in [0, 0.1) is 0 Å². The van der Waals surface area contributed by atoms with Crippen LogP contribution in [0.4, 0.5) is 6.01 Å². The standard InChI is InChI=1S/C11H20N4O3/c1-17-7-4-12-8-10-13-14-11(18-10)15-5-2-9(16)3-6-15/h9,12,16H,2-8H2,1H3. The molecule has 2 heterocycles. The second-order valence-corrected chi connectivity index (χ2v) is 4.37. The SMILES string of the molecule is COCCNCc1nnc(N2CCC(O)CC2)o1. The fourth-order valence-electron chi connectivity index (χ4n) is 1.87. The van der Waals surface area contributed by atoms with Crippen LogP contribution in [0.1, 0.15) is 18.7 Å². The molecule has 0 aliphatic carbocycles. The lowest BCUT2D eigenvalue weighted by molar-refractivity contribution is 0.144. The molecule has 1 saturated heterocycles. The second-order valence-electron chi connectivity index (χ2n) is 4.37.